The minimum atomic E-state index is -4.50. The molecular formula is C14H12F3NO3. The first-order valence-electron chi connectivity index (χ1n) is 6.02. The molecule has 3 N–H and O–H groups in total. The highest BCUT2D eigenvalue weighted by atomic mass is 19.4. The van der Waals surface area contributed by atoms with Crippen molar-refractivity contribution in [2.24, 2.45) is 5.73 Å². The Morgan fingerprint density at radius 3 is 2.52 bits per heavy atom. The van der Waals surface area contributed by atoms with Crippen molar-refractivity contribution in [2.75, 3.05) is 0 Å². The molecule has 0 aliphatic rings. The lowest BCUT2D eigenvalue weighted by molar-refractivity contribution is -0.138. The van der Waals surface area contributed by atoms with Crippen LogP contribution in [-0.4, -0.2) is 17.1 Å². The second-order valence-electron chi connectivity index (χ2n) is 4.46. The smallest absolute Gasteiger partial charge is 0.417 e. The lowest BCUT2D eigenvalue weighted by Crippen LogP contribution is -2.32. The van der Waals surface area contributed by atoms with E-state index in [1.54, 1.807) is 0 Å². The van der Waals surface area contributed by atoms with Gasteiger partial charge in [-0.3, -0.25) is 4.79 Å². The van der Waals surface area contributed by atoms with Crippen molar-refractivity contribution in [1.29, 1.82) is 0 Å². The number of hydrogen-bond acceptors (Lipinski definition) is 3. The fourth-order valence-corrected chi connectivity index (χ4v) is 1.88. The van der Waals surface area contributed by atoms with Gasteiger partial charge in [0.05, 0.1) is 5.56 Å². The van der Waals surface area contributed by atoms with Crippen molar-refractivity contribution >= 4 is 5.97 Å². The molecule has 2 aromatic rings. The molecule has 0 saturated carbocycles. The number of aliphatic carboxylic acids is 1. The summed E-state index contributed by atoms with van der Waals surface area (Å²) in [4.78, 5) is 10.7. The number of hydrogen-bond donors (Lipinski definition) is 2. The molecule has 1 aromatic carbocycles. The van der Waals surface area contributed by atoms with Gasteiger partial charge in [0.1, 0.15) is 17.6 Å². The van der Waals surface area contributed by atoms with Gasteiger partial charge in [-0.05, 0) is 18.2 Å². The molecule has 0 radical (unpaired) electrons. The second-order valence-corrected chi connectivity index (χ2v) is 4.46. The van der Waals surface area contributed by atoms with E-state index >= 15 is 0 Å². The van der Waals surface area contributed by atoms with E-state index in [4.69, 9.17) is 15.3 Å². The summed E-state index contributed by atoms with van der Waals surface area (Å²) < 4.78 is 44.0. The predicted molar refractivity (Wildman–Crippen MR) is 68.5 cm³/mol. The highest BCUT2D eigenvalue weighted by Gasteiger charge is 2.34. The molecule has 4 nitrogen and oxygen atoms in total. The Morgan fingerprint density at radius 1 is 1.24 bits per heavy atom. The van der Waals surface area contributed by atoms with E-state index in [1.807, 2.05) is 0 Å². The summed E-state index contributed by atoms with van der Waals surface area (Å²) in [7, 11) is 0. The van der Waals surface area contributed by atoms with Gasteiger partial charge < -0.3 is 15.3 Å². The monoisotopic (exact) mass is 299 g/mol. The van der Waals surface area contributed by atoms with Crippen molar-refractivity contribution in [3.05, 3.63) is 47.7 Å². The highest BCUT2D eigenvalue weighted by Crippen LogP contribution is 2.37. The topological polar surface area (TPSA) is 76.5 Å². The summed E-state index contributed by atoms with van der Waals surface area (Å²) in [5, 5.41) is 8.70. The molecule has 112 valence electrons. The zero-order chi connectivity index (χ0) is 15.6. The van der Waals surface area contributed by atoms with Crippen LogP contribution in [0.25, 0.3) is 11.3 Å². The zero-order valence-corrected chi connectivity index (χ0v) is 10.7. The van der Waals surface area contributed by atoms with Crippen LogP contribution in [0.5, 0.6) is 0 Å². The van der Waals surface area contributed by atoms with Gasteiger partial charge in [-0.25, -0.2) is 0 Å². The summed E-state index contributed by atoms with van der Waals surface area (Å²) >= 11 is 0. The number of furan rings is 1. The van der Waals surface area contributed by atoms with E-state index in [0.717, 1.165) is 6.07 Å². The van der Waals surface area contributed by atoms with Crippen LogP contribution in [0, 0.1) is 0 Å². The third-order valence-corrected chi connectivity index (χ3v) is 2.90. The third kappa shape index (κ3) is 3.43. The minimum Gasteiger partial charge on any atom is -0.480 e. The number of alkyl halides is 3. The maximum atomic E-state index is 12.9. The predicted octanol–water partition coefficient (Wildman–Crippen LogP) is 2.92. The van der Waals surface area contributed by atoms with Gasteiger partial charge in [-0.2, -0.15) is 13.2 Å². The molecule has 2 rings (SSSR count). The molecule has 1 aromatic heterocycles. The molecule has 0 fully saturated rings. The van der Waals surface area contributed by atoms with Crippen LogP contribution in [0.15, 0.2) is 40.8 Å². The molecule has 0 saturated heterocycles. The molecule has 0 bridgehead atoms. The van der Waals surface area contributed by atoms with Gasteiger partial charge in [-0.15, -0.1) is 0 Å². The fourth-order valence-electron chi connectivity index (χ4n) is 1.88. The van der Waals surface area contributed by atoms with Gasteiger partial charge >= 0.3 is 12.1 Å². The lowest BCUT2D eigenvalue weighted by atomic mass is 10.1. The van der Waals surface area contributed by atoms with Crippen molar-refractivity contribution < 1.29 is 27.5 Å². The number of benzene rings is 1. The molecule has 0 aliphatic heterocycles. The summed E-state index contributed by atoms with van der Waals surface area (Å²) in [6.07, 6.45) is -4.59. The Labute approximate surface area is 118 Å². The zero-order valence-electron chi connectivity index (χ0n) is 10.7. The van der Waals surface area contributed by atoms with Crippen molar-refractivity contribution in [1.82, 2.24) is 0 Å². The molecule has 1 atom stereocenters. The van der Waals surface area contributed by atoms with E-state index in [2.05, 4.69) is 0 Å². The third-order valence-electron chi connectivity index (χ3n) is 2.90. The quantitative estimate of drug-likeness (QED) is 0.910. The van der Waals surface area contributed by atoms with Crippen LogP contribution in [-0.2, 0) is 17.4 Å². The van der Waals surface area contributed by atoms with Crippen LogP contribution < -0.4 is 5.73 Å². The second kappa shape index (κ2) is 5.61. The standard InChI is InChI=1S/C14H12F3NO3/c15-14(16,17)10-4-2-1-3-9(10)12-6-5-8(21-12)7-11(18)13(19)20/h1-6,11H,7,18H2,(H,19,20). The number of carbonyl (C=O) groups is 1. The molecule has 0 aliphatic carbocycles. The van der Waals surface area contributed by atoms with Crippen LogP contribution >= 0.6 is 0 Å². The first-order valence-corrected chi connectivity index (χ1v) is 6.02. The number of carboxylic acid groups (broad SMARTS) is 1. The Bertz CT molecular complexity index is 649. The van der Waals surface area contributed by atoms with Crippen LogP contribution in [0.2, 0.25) is 0 Å². The van der Waals surface area contributed by atoms with E-state index in [-0.39, 0.29) is 23.5 Å². The van der Waals surface area contributed by atoms with Crippen molar-refractivity contribution in [2.45, 2.75) is 18.6 Å². The normalized spacial score (nSPS) is 13.1. The molecule has 0 spiro atoms. The van der Waals surface area contributed by atoms with Crippen molar-refractivity contribution in [3.8, 4) is 11.3 Å². The number of rotatable bonds is 4. The summed E-state index contributed by atoms with van der Waals surface area (Å²) in [5.41, 5.74) is 4.45. The van der Waals surface area contributed by atoms with Gasteiger partial charge in [0.25, 0.3) is 0 Å². The Kier molecular flexibility index (Phi) is 4.04. The van der Waals surface area contributed by atoms with Crippen molar-refractivity contribution in [3.63, 3.8) is 0 Å². The summed E-state index contributed by atoms with van der Waals surface area (Å²) in [6, 6.07) is 6.64. The maximum Gasteiger partial charge on any atom is 0.417 e. The summed E-state index contributed by atoms with van der Waals surface area (Å²) in [5.74, 6) is -0.962. The maximum absolute atomic E-state index is 12.9. The Balaban J connectivity index is 2.33. The molecule has 21 heavy (non-hydrogen) atoms. The minimum absolute atomic E-state index is 0.0236. The average Bonchev–Trinajstić information content (AvgIpc) is 2.86. The van der Waals surface area contributed by atoms with Gasteiger partial charge in [0.2, 0.25) is 0 Å². The number of carboxylic acids is 1. The largest absolute Gasteiger partial charge is 0.480 e. The van der Waals surface area contributed by atoms with E-state index in [9.17, 15) is 18.0 Å². The van der Waals surface area contributed by atoms with E-state index in [0.29, 0.717) is 0 Å². The number of nitrogens with two attached hydrogens (primary N) is 1. The fraction of sp³-hybridized carbons (Fsp3) is 0.214. The van der Waals surface area contributed by atoms with Gasteiger partial charge in [-0.1, -0.05) is 18.2 Å². The van der Waals surface area contributed by atoms with Crippen LogP contribution in [0.4, 0.5) is 13.2 Å². The highest BCUT2D eigenvalue weighted by molar-refractivity contribution is 5.73. The van der Waals surface area contributed by atoms with Gasteiger partial charge in [0, 0.05) is 12.0 Å². The van der Waals surface area contributed by atoms with E-state index < -0.39 is 23.8 Å². The molecule has 1 heterocycles. The average molecular weight is 299 g/mol. The molecule has 0 amide bonds. The number of halogens is 3. The molecular weight excluding hydrogens is 287 g/mol. The lowest BCUT2D eigenvalue weighted by Gasteiger charge is -2.10. The Hall–Kier alpha value is -2.28. The first-order chi connectivity index (χ1) is 9.79. The molecule has 1 unspecified atom stereocenters. The van der Waals surface area contributed by atoms with Crippen LogP contribution in [0.3, 0.4) is 0 Å². The van der Waals surface area contributed by atoms with Gasteiger partial charge in [0.15, 0.2) is 0 Å². The first kappa shape index (κ1) is 15.1. The SMILES string of the molecule is NC(Cc1ccc(-c2ccccc2C(F)(F)F)o1)C(=O)O. The van der Waals surface area contributed by atoms with Crippen LogP contribution in [0.1, 0.15) is 11.3 Å². The summed E-state index contributed by atoms with van der Waals surface area (Å²) in [6.45, 7) is 0. The van der Waals surface area contributed by atoms with E-state index in [1.165, 1.54) is 30.3 Å². The molecule has 7 heteroatoms. The Morgan fingerprint density at radius 2 is 1.90 bits per heavy atom.